The maximum atomic E-state index is 12.6. The molecule has 0 atom stereocenters. The minimum absolute atomic E-state index is 0.0596. The van der Waals surface area contributed by atoms with Crippen molar-refractivity contribution in [1.82, 2.24) is 10.2 Å². The van der Waals surface area contributed by atoms with E-state index in [2.05, 4.69) is 5.32 Å². The molecular weight excluding hydrogens is 240 g/mol. The Morgan fingerprint density at radius 1 is 1.42 bits per heavy atom. The number of carbonyl (C=O) groups is 1. The Labute approximate surface area is 114 Å². The first-order valence-corrected chi connectivity index (χ1v) is 6.95. The van der Waals surface area contributed by atoms with Crippen LogP contribution in [0.25, 0.3) is 0 Å². The van der Waals surface area contributed by atoms with Gasteiger partial charge >= 0.3 is 0 Å². The molecule has 1 aliphatic rings. The van der Waals surface area contributed by atoms with Crippen molar-refractivity contribution < 1.29 is 9.90 Å². The molecule has 2 N–H and O–H groups in total. The number of hydrogen-bond donors (Lipinski definition) is 2. The number of amides is 1. The number of hydrogen-bond acceptors (Lipinski definition) is 3. The highest BCUT2D eigenvalue weighted by atomic mass is 16.3. The van der Waals surface area contributed by atoms with Gasteiger partial charge in [-0.1, -0.05) is 12.1 Å². The molecule has 2 rings (SSSR count). The second-order valence-corrected chi connectivity index (χ2v) is 5.04. The van der Waals surface area contributed by atoms with Gasteiger partial charge < -0.3 is 15.3 Å². The van der Waals surface area contributed by atoms with Gasteiger partial charge in [-0.2, -0.15) is 0 Å². The quantitative estimate of drug-likeness (QED) is 0.875. The SMILES string of the molecule is CCN(C(=O)c1cccc(C)c1O)C1CCNCC1. The fourth-order valence-corrected chi connectivity index (χ4v) is 2.67. The topological polar surface area (TPSA) is 52.6 Å². The summed E-state index contributed by atoms with van der Waals surface area (Å²) in [4.78, 5) is 14.5. The van der Waals surface area contributed by atoms with Crippen LogP contribution in [0.15, 0.2) is 18.2 Å². The van der Waals surface area contributed by atoms with Gasteiger partial charge in [-0.05, 0) is 51.4 Å². The maximum Gasteiger partial charge on any atom is 0.257 e. The highest BCUT2D eigenvalue weighted by Gasteiger charge is 2.26. The molecule has 1 aromatic carbocycles. The molecule has 19 heavy (non-hydrogen) atoms. The lowest BCUT2D eigenvalue weighted by Crippen LogP contribution is -2.46. The zero-order chi connectivity index (χ0) is 13.8. The third kappa shape index (κ3) is 2.89. The number of aryl methyl sites for hydroxylation is 1. The summed E-state index contributed by atoms with van der Waals surface area (Å²) in [6, 6.07) is 5.61. The number of piperidine rings is 1. The molecule has 4 heteroatoms. The number of carbonyl (C=O) groups excluding carboxylic acids is 1. The van der Waals surface area contributed by atoms with Crippen LogP contribution in [0.5, 0.6) is 5.75 Å². The van der Waals surface area contributed by atoms with Crippen LogP contribution >= 0.6 is 0 Å². The van der Waals surface area contributed by atoms with E-state index < -0.39 is 0 Å². The van der Waals surface area contributed by atoms with Gasteiger partial charge in [0.05, 0.1) is 5.56 Å². The van der Waals surface area contributed by atoms with Gasteiger partial charge in [0.2, 0.25) is 0 Å². The van der Waals surface area contributed by atoms with E-state index in [-0.39, 0.29) is 17.7 Å². The summed E-state index contributed by atoms with van der Waals surface area (Å²) >= 11 is 0. The van der Waals surface area contributed by atoms with Crippen molar-refractivity contribution in [2.24, 2.45) is 0 Å². The highest BCUT2D eigenvalue weighted by molar-refractivity contribution is 5.97. The molecule has 0 saturated carbocycles. The summed E-state index contributed by atoms with van der Waals surface area (Å²) in [6.45, 7) is 6.39. The Morgan fingerprint density at radius 3 is 2.74 bits per heavy atom. The number of nitrogens with zero attached hydrogens (tertiary/aromatic N) is 1. The van der Waals surface area contributed by atoms with Crippen molar-refractivity contribution in [1.29, 1.82) is 0 Å². The summed E-state index contributed by atoms with van der Waals surface area (Å²) in [5.41, 5.74) is 1.16. The van der Waals surface area contributed by atoms with E-state index in [1.165, 1.54) is 0 Å². The average molecular weight is 262 g/mol. The van der Waals surface area contributed by atoms with E-state index in [4.69, 9.17) is 0 Å². The summed E-state index contributed by atoms with van der Waals surface area (Å²) in [5, 5.41) is 13.4. The first kappa shape index (κ1) is 13.9. The number of nitrogens with one attached hydrogen (secondary N) is 1. The van der Waals surface area contributed by atoms with Crippen LogP contribution in [0, 0.1) is 6.92 Å². The Morgan fingerprint density at radius 2 is 2.11 bits per heavy atom. The second kappa shape index (κ2) is 6.06. The Kier molecular flexibility index (Phi) is 4.43. The number of phenols is 1. The normalized spacial score (nSPS) is 16.3. The predicted molar refractivity (Wildman–Crippen MR) is 75.4 cm³/mol. The van der Waals surface area contributed by atoms with Gasteiger partial charge in [0.15, 0.2) is 0 Å². The van der Waals surface area contributed by atoms with Gasteiger partial charge in [-0.15, -0.1) is 0 Å². The zero-order valence-corrected chi connectivity index (χ0v) is 11.6. The van der Waals surface area contributed by atoms with E-state index in [1.54, 1.807) is 6.07 Å². The molecule has 0 spiro atoms. The molecule has 0 aliphatic carbocycles. The smallest absolute Gasteiger partial charge is 0.257 e. The lowest BCUT2D eigenvalue weighted by molar-refractivity contribution is 0.0653. The van der Waals surface area contributed by atoms with Crippen LogP contribution < -0.4 is 5.32 Å². The molecule has 4 nitrogen and oxygen atoms in total. The monoisotopic (exact) mass is 262 g/mol. The largest absolute Gasteiger partial charge is 0.507 e. The van der Waals surface area contributed by atoms with Crippen LogP contribution in [-0.2, 0) is 0 Å². The van der Waals surface area contributed by atoms with Crippen molar-refractivity contribution >= 4 is 5.91 Å². The van der Waals surface area contributed by atoms with Crippen molar-refractivity contribution in [3.8, 4) is 5.75 Å². The highest BCUT2D eigenvalue weighted by Crippen LogP contribution is 2.24. The number of rotatable bonds is 3. The molecule has 0 bridgehead atoms. The molecule has 1 saturated heterocycles. The van der Waals surface area contributed by atoms with E-state index >= 15 is 0 Å². The Hall–Kier alpha value is -1.55. The first-order chi connectivity index (χ1) is 9.15. The van der Waals surface area contributed by atoms with E-state index in [9.17, 15) is 9.90 Å². The number of para-hydroxylation sites is 1. The molecule has 0 unspecified atom stereocenters. The number of phenolic OH excluding ortho intramolecular Hbond substituents is 1. The minimum Gasteiger partial charge on any atom is -0.507 e. The maximum absolute atomic E-state index is 12.6. The van der Waals surface area contributed by atoms with Gasteiger partial charge in [-0.3, -0.25) is 4.79 Å². The van der Waals surface area contributed by atoms with Crippen molar-refractivity contribution in [3.63, 3.8) is 0 Å². The van der Waals surface area contributed by atoms with Gasteiger partial charge in [0.1, 0.15) is 5.75 Å². The molecule has 1 fully saturated rings. The van der Waals surface area contributed by atoms with Gasteiger partial charge in [0.25, 0.3) is 5.91 Å². The zero-order valence-electron chi connectivity index (χ0n) is 11.6. The van der Waals surface area contributed by atoms with E-state index in [1.807, 2.05) is 30.9 Å². The summed E-state index contributed by atoms with van der Waals surface area (Å²) < 4.78 is 0. The standard InChI is InChI=1S/C15H22N2O2/c1-3-17(12-7-9-16-10-8-12)15(19)13-6-4-5-11(2)14(13)18/h4-6,12,16,18H,3,7-10H2,1-2H3. The summed E-state index contributed by atoms with van der Waals surface area (Å²) in [7, 11) is 0. The fourth-order valence-electron chi connectivity index (χ4n) is 2.67. The summed E-state index contributed by atoms with van der Waals surface area (Å²) in [6.07, 6.45) is 1.96. The first-order valence-electron chi connectivity index (χ1n) is 6.95. The third-order valence-electron chi connectivity index (χ3n) is 3.82. The molecule has 1 aliphatic heterocycles. The van der Waals surface area contributed by atoms with Crippen LogP contribution in [-0.4, -0.2) is 41.6 Å². The predicted octanol–water partition coefficient (Wildman–Crippen LogP) is 1.91. The Bertz CT molecular complexity index is 453. The van der Waals surface area contributed by atoms with Crippen molar-refractivity contribution in [2.75, 3.05) is 19.6 Å². The van der Waals surface area contributed by atoms with Gasteiger partial charge in [-0.25, -0.2) is 0 Å². The molecule has 0 radical (unpaired) electrons. The lowest BCUT2D eigenvalue weighted by atomic mass is 10.0. The molecule has 104 valence electrons. The lowest BCUT2D eigenvalue weighted by Gasteiger charge is -2.34. The molecular formula is C15H22N2O2. The minimum atomic E-state index is -0.0596. The van der Waals surface area contributed by atoms with Crippen LogP contribution in [0.2, 0.25) is 0 Å². The number of benzene rings is 1. The second-order valence-electron chi connectivity index (χ2n) is 5.04. The molecule has 1 aromatic rings. The third-order valence-corrected chi connectivity index (χ3v) is 3.82. The van der Waals surface area contributed by atoms with Crippen LogP contribution in [0.3, 0.4) is 0 Å². The fraction of sp³-hybridized carbons (Fsp3) is 0.533. The van der Waals surface area contributed by atoms with Crippen LogP contribution in [0.1, 0.15) is 35.7 Å². The average Bonchev–Trinajstić information content (AvgIpc) is 2.44. The van der Waals surface area contributed by atoms with E-state index in [0.717, 1.165) is 31.5 Å². The van der Waals surface area contributed by atoms with Crippen molar-refractivity contribution in [3.05, 3.63) is 29.3 Å². The Balaban J connectivity index is 2.22. The number of aromatic hydroxyl groups is 1. The molecule has 1 heterocycles. The van der Waals surface area contributed by atoms with Crippen molar-refractivity contribution in [2.45, 2.75) is 32.7 Å². The molecule has 1 amide bonds. The van der Waals surface area contributed by atoms with Gasteiger partial charge in [0, 0.05) is 12.6 Å². The molecule has 0 aromatic heterocycles. The van der Waals surface area contributed by atoms with Crippen LogP contribution in [0.4, 0.5) is 0 Å². The summed E-state index contributed by atoms with van der Waals surface area (Å²) in [5.74, 6) is 0.0514. The van der Waals surface area contributed by atoms with E-state index in [0.29, 0.717) is 12.1 Å².